The van der Waals surface area contributed by atoms with Gasteiger partial charge in [0.25, 0.3) is 0 Å². The van der Waals surface area contributed by atoms with Gasteiger partial charge in [0.1, 0.15) is 0 Å². The lowest BCUT2D eigenvalue weighted by molar-refractivity contribution is -0.138. The largest absolute Gasteiger partial charge is 0.416 e. The predicted molar refractivity (Wildman–Crippen MR) is 125 cm³/mol. The molecule has 34 heavy (non-hydrogen) atoms. The number of hydrogen-bond donors (Lipinski definition) is 1. The molecule has 1 aliphatic rings. The number of nitrogens with one attached hydrogen (secondary N) is 1. The van der Waals surface area contributed by atoms with Gasteiger partial charge in [0, 0.05) is 32.7 Å². The Morgan fingerprint density at radius 3 is 2.35 bits per heavy atom. The van der Waals surface area contributed by atoms with Crippen molar-refractivity contribution in [1.82, 2.24) is 14.7 Å². The second-order valence-corrected chi connectivity index (χ2v) is 8.82. The number of nitrogens with zero attached hydrogens (tertiary/aromatic N) is 3. The first kappa shape index (κ1) is 26.0. The van der Waals surface area contributed by atoms with Crippen molar-refractivity contribution in [3.05, 3.63) is 64.7 Å². The lowest BCUT2D eigenvalue weighted by Crippen LogP contribution is -2.52. The van der Waals surface area contributed by atoms with E-state index < -0.39 is 23.7 Å². The van der Waals surface area contributed by atoms with Crippen LogP contribution in [0.3, 0.4) is 0 Å². The predicted octanol–water partition coefficient (Wildman–Crippen LogP) is 3.96. The molecule has 1 N–H and O–H groups in total. The van der Waals surface area contributed by atoms with Gasteiger partial charge in [-0.25, -0.2) is 0 Å². The highest BCUT2D eigenvalue weighted by Crippen LogP contribution is 2.33. The molecule has 1 aliphatic heterocycles. The smallest absolute Gasteiger partial charge is 0.339 e. The number of hydrogen-bond acceptors (Lipinski definition) is 4. The molecule has 1 heterocycles. The molecule has 10 heteroatoms. The number of benzene rings is 2. The third-order valence-electron chi connectivity index (χ3n) is 5.95. The Morgan fingerprint density at radius 1 is 1.09 bits per heavy atom. The van der Waals surface area contributed by atoms with Gasteiger partial charge >= 0.3 is 6.18 Å². The van der Waals surface area contributed by atoms with Gasteiger partial charge in [-0.1, -0.05) is 41.9 Å². The van der Waals surface area contributed by atoms with E-state index in [1.54, 1.807) is 23.8 Å². The van der Waals surface area contributed by atoms with E-state index >= 15 is 0 Å². The van der Waals surface area contributed by atoms with Gasteiger partial charge in [-0.3, -0.25) is 19.4 Å². The van der Waals surface area contributed by atoms with Gasteiger partial charge in [-0.05, 0) is 37.7 Å². The molecule has 184 valence electrons. The van der Waals surface area contributed by atoms with Crippen LogP contribution in [0.2, 0.25) is 5.02 Å². The van der Waals surface area contributed by atoms with Crippen molar-refractivity contribution in [2.24, 2.45) is 0 Å². The van der Waals surface area contributed by atoms with Crippen LogP contribution in [0.4, 0.5) is 18.9 Å². The number of halogens is 4. The minimum atomic E-state index is -4.55. The molecule has 0 radical (unpaired) electrons. The van der Waals surface area contributed by atoms with Crippen molar-refractivity contribution in [2.75, 3.05) is 45.1 Å². The van der Waals surface area contributed by atoms with E-state index in [9.17, 15) is 22.8 Å². The number of rotatable bonds is 7. The molecule has 0 saturated carbocycles. The summed E-state index contributed by atoms with van der Waals surface area (Å²) in [4.78, 5) is 31.0. The van der Waals surface area contributed by atoms with Crippen molar-refractivity contribution in [1.29, 1.82) is 0 Å². The van der Waals surface area contributed by atoms with E-state index in [0.29, 0.717) is 13.1 Å². The molecule has 3 rings (SSSR count). The summed E-state index contributed by atoms with van der Waals surface area (Å²) in [6, 6.07) is 12.1. The molecule has 0 aromatic heterocycles. The van der Waals surface area contributed by atoms with Gasteiger partial charge < -0.3 is 10.2 Å². The van der Waals surface area contributed by atoms with Crippen LogP contribution in [0.1, 0.15) is 18.1 Å². The first-order valence-corrected chi connectivity index (χ1v) is 11.3. The maximum absolute atomic E-state index is 13.0. The van der Waals surface area contributed by atoms with Crippen molar-refractivity contribution in [3.8, 4) is 0 Å². The maximum Gasteiger partial charge on any atom is 0.416 e. The third kappa shape index (κ3) is 6.94. The van der Waals surface area contributed by atoms with Gasteiger partial charge in [0.2, 0.25) is 11.8 Å². The minimum Gasteiger partial charge on any atom is -0.339 e. The van der Waals surface area contributed by atoms with Crippen molar-refractivity contribution < 1.29 is 22.8 Å². The summed E-state index contributed by atoms with van der Waals surface area (Å²) in [5.74, 6) is -0.650. The van der Waals surface area contributed by atoms with Crippen molar-refractivity contribution in [2.45, 2.75) is 25.7 Å². The van der Waals surface area contributed by atoms with E-state index in [2.05, 4.69) is 22.3 Å². The summed E-state index contributed by atoms with van der Waals surface area (Å²) in [5.41, 5.74) is 0.195. The standard InChI is InChI=1S/C24H28ClF3N4O2/c1-17(23(34)29-21-14-19(24(26,27)28)8-9-20(21)25)30(2)16-22(33)32-12-10-31(11-13-32)15-18-6-4-3-5-7-18/h3-9,14,17H,10-13,15-16H2,1-2H3,(H,29,34). The van der Waals surface area contributed by atoms with E-state index in [0.717, 1.165) is 37.8 Å². The molecule has 2 aromatic carbocycles. The molecule has 2 amide bonds. The van der Waals surface area contributed by atoms with Gasteiger partial charge in [-0.2, -0.15) is 13.2 Å². The normalized spacial score (nSPS) is 15.9. The van der Waals surface area contributed by atoms with Crippen LogP contribution in [-0.2, 0) is 22.3 Å². The Bertz CT molecular complexity index is 995. The zero-order chi connectivity index (χ0) is 24.9. The molecule has 1 unspecified atom stereocenters. The third-order valence-corrected chi connectivity index (χ3v) is 6.28. The highest BCUT2D eigenvalue weighted by Gasteiger charge is 2.31. The number of carbonyl (C=O) groups excluding carboxylic acids is 2. The zero-order valence-corrected chi connectivity index (χ0v) is 19.9. The SMILES string of the molecule is CC(C(=O)Nc1cc(C(F)(F)F)ccc1Cl)N(C)CC(=O)N1CCN(Cc2ccccc2)CC1. The topological polar surface area (TPSA) is 55.9 Å². The lowest BCUT2D eigenvalue weighted by atomic mass is 10.1. The van der Waals surface area contributed by atoms with Crippen LogP contribution in [-0.4, -0.2) is 72.3 Å². The Balaban J connectivity index is 1.50. The Kier molecular flexibility index (Phi) is 8.57. The molecule has 1 atom stereocenters. The van der Waals surface area contributed by atoms with Crippen LogP contribution in [0.25, 0.3) is 0 Å². The molecule has 1 saturated heterocycles. The quantitative estimate of drug-likeness (QED) is 0.630. The van der Waals surface area contributed by atoms with E-state index in [-0.39, 0.29) is 23.2 Å². The Morgan fingerprint density at radius 2 is 1.74 bits per heavy atom. The van der Waals surface area contributed by atoms with Crippen LogP contribution in [0.15, 0.2) is 48.5 Å². The van der Waals surface area contributed by atoms with Crippen LogP contribution >= 0.6 is 11.6 Å². The van der Waals surface area contributed by atoms with Crippen LogP contribution in [0, 0.1) is 0 Å². The summed E-state index contributed by atoms with van der Waals surface area (Å²) in [6.07, 6.45) is -4.55. The molecule has 0 bridgehead atoms. The van der Waals surface area contributed by atoms with Crippen LogP contribution < -0.4 is 5.32 Å². The lowest BCUT2D eigenvalue weighted by Gasteiger charge is -2.36. The van der Waals surface area contributed by atoms with Crippen LogP contribution in [0.5, 0.6) is 0 Å². The second kappa shape index (κ2) is 11.2. The highest BCUT2D eigenvalue weighted by atomic mass is 35.5. The van der Waals surface area contributed by atoms with E-state index in [1.165, 1.54) is 5.56 Å². The molecular formula is C24H28ClF3N4O2. The number of piperazine rings is 1. The molecule has 2 aromatic rings. The van der Waals surface area contributed by atoms with Gasteiger partial charge in [0.05, 0.1) is 28.9 Å². The average Bonchev–Trinajstić information content (AvgIpc) is 2.80. The van der Waals surface area contributed by atoms with Gasteiger partial charge in [-0.15, -0.1) is 0 Å². The minimum absolute atomic E-state index is 0.000605. The average molecular weight is 497 g/mol. The maximum atomic E-state index is 13.0. The van der Waals surface area contributed by atoms with E-state index in [4.69, 9.17) is 11.6 Å². The molecule has 6 nitrogen and oxygen atoms in total. The number of anilines is 1. The van der Waals surface area contributed by atoms with E-state index in [1.807, 2.05) is 18.2 Å². The number of alkyl halides is 3. The number of likely N-dealkylation sites (N-methyl/N-ethyl adjacent to an activating group) is 1. The molecule has 1 fully saturated rings. The second-order valence-electron chi connectivity index (χ2n) is 8.42. The first-order chi connectivity index (χ1) is 16.0. The summed E-state index contributed by atoms with van der Waals surface area (Å²) < 4.78 is 38.9. The summed E-state index contributed by atoms with van der Waals surface area (Å²) in [7, 11) is 1.63. The highest BCUT2D eigenvalue weighted by molar-refractivity contribution is 6.33. The van der Waals surface area contributed by atoms with Crippen molar-refractivity contribution >= 4 is 29.1 Å². The Labute approximate surface area is 202 Å². The fourth-order valence-corrected chi connectivity index (χ4v) is 3.85. The molecule has 0 spiro atoms. The summed E-state index contributed by atoms with van der Waals surface area (Å²) >= 11 is 5.96. The fourth-order valence-electron chi connectivity index (χ4n) is 3.68. The molecule has 0 aliphatic carbocycles. The summed E-state index contributed by atoms with van der Waals surface area (Å²) in [5, 5.41) is 2.44. The number of amides is 2. The number of carbonyl (C=O) groups is 2. The monoisotopic (exact) mass is 496 g/mol. The Hall–Kier alpha value is -2.62. The summed E-state index contributed by atoms with van der Waals surface area (Å²) in [6.45, 7) is 5.15. The zero-order valence-electron chi connectivity index (χ0n) is 19.1. The first-order valence-electron chi connectivity index (χ1n) is 11.0. The van der Waals surface area contributed by atoms with Crippen molar-refractivity contribution in [3.63, 3.8) is 0 Å². The van der Waals surface area contributed by atoms with Gasteiger partial charge in [0.15, 0.2) is 0 Å². The fraction of sp³-hybridized carbons (Fsp3) is 0.417. The molecular weight excluding hydrogens is 469 g/mol.